The van der Waals surface area contributed by atoms with Gasteiger partial charge in [-0.1, -0.05) is 29.8 Å². The molecule has 1 aromatic carbocycles. The van der Waals surface area contributed by atoms with Crippen molar-refractivity contribution in [3.05, 3.63) is 63.9 Å². The van der Waals surface area contributed by atoms with E-state index in [2.05, 4.69) is 4.98 Å². The zero-order chi connectivity index (χ0) is 15.0. The van der Waals surface area contributed by atoms with Crippen molar-refractivity contribution in [2.24, 2.45) is 0 Å². The predicted molar refractivity (Wildman–Crippen MR) is 79.6 cm³/mol. The van der Waals surface area contributed by atoms with Gasteiger partial charge in [0.1, 0.15) is 22.6 Å². The van der Waals surface area contributed by atoms with Crippen molar-refractivity contribution in [1.82, 2.24) is 8.96 Å². The molecule has 106 valence electrons. The number of aromatic nitrogens is 2. The van der Waals surface area contributed by atoms with Crippen LogP contribution >= 0.6 is 11.6 Å². The minimum Gasteiger partial charge on any atom is -0.587 e. The standard InChI is InChI=1S/C13H8ClN3O3S/c14-12-10-6-7-16(13(10)15-8-11(12)17(18)19)21(20)9-4-2-1-3-5-9/h1-8H. The maximum Gasteiger partial charge on any atom is 0.306 e. The third-order valence-electron chi connectivity index (χ3n) is 2.92. The summed E-state index contributed by atoms with van der Waals surface area (Å²) in [6, 6.07) is 10.4. The molecule has 0 bridgehead atoms. The van der Waals surface area contributed by atoms with Gasteiger partial charge < -0.3 is 4.55 Å². The highest BCUT2D eigenvalue weighted by atomic mass is 35.5. The number of nitro groups is 1. The lowest BCUT2D eigenvalue weighted by Gasteiger charge is -2.10. The summed E-state index contributed by atoms with van der Waals surface area (Å²) < 4.78 is 13.9. The second kappa shape index (κ2) is 5.36. The molecule has 0 amide bonds. The molecule has 0 fully saturated rings. The summed E-state index contributed by atoms with van der Waals surface area (Å²) in [6.07, 6.45) is 2.62. The van der Waals surface area contributed by atoms with Gasteiger partial charge >= 0.3 is 5.69 Å². The Bertz CT molecular complexity index is 822. The quantitative estimate of drug-likeness (QED) is 0.421. The Morgan fingerprint density at radius 3 is 2.62 bits per heavy atom. The SMILES string of the molecule is O=[N+]([O-])c1cnc2c(ccn2[S+]([O-])c2ccccc2)c1Cl. The van der Waals surface area contributed by atoms with Crippen molar-refractivity contribution in [3.63, 3.8) is 0 Å². The zero-order valence-corrected chi connectivity index (χ0v) is 12.0. The van der Waals surface area contributed by atoms with E-state index in [1.165, 1.54) is 3.97 Å². The van der Waals surface area contributed by atoms with Crippen LogP contribution in [-0.4, -0.2) is 18.4 Å². The Morgan fingerprint density at radius 2 is 1.95 bits per heavy atom. The average molecular weight is 322 g/mol. The fraction of sp³-hybridized carbons (Fsp3) is 0. The molecule has 0 N–H and O–H groups in total. The number of hydrogen-bond donors (Lipinski definition) is 0. The minimum absolute atomic E-state index is 0.00573. The van der Waals surface area contributed by atoms with E-state index in [0.29, 0.717) is 15.9 Å². The molecule has 1 atom stereocenters. The van der Waals surface area contributed by atoms with E-state index in [-0.39, 0.29) is 10.7 Å². The van der Waals surface area contributed by atoms with E-state index < -0.39 is 16.3 Å². The molecule has 21 heavy (non-hydrogen) atoms. The zero-order valence-electron chi connectivity index (χ0n) is 10.5. The van der Waals surface area contributed by atoms with Gasteiger partial charge in [0.25, 0.3) is 0 Å². The molecule has 0 aliphatic heterocycles. The molecular formula is C13H8ClN3O3S. The van der Waals surface area contributed by atoms with E-state index in [1.54, 1.807) is 36.5 Å². The molecule has 0 spiro atoms. The second-order valence-electron chi connectivity index (χ2n) is 4.16. The van der Waals surface area contributed by atoms with Crippen molar-refractivity contribution >= 4 is 39.7 Å². The maximum absolute atomic E-state index is 12.5. The molecule has 3 rings (SSSR count). The van der Waals surface area contributed by atoms with Gasteiger partial charge in [0.15, 0.2) is 10.5 Å². The first-order chi connectivity index (χ1) is 10.1. The fourth-order valence-electron chi connectivity index (χ4n) is 1.93. The topological polar surface area (TPSA) is 84.0 Å². The summed E-state index contributed by atoms with van der Waals surface area (Å²) in [5.41, 5.74) is 0.0696. The Balaban J connectivity index is 2.13. The van der Waals surface area contributed by atoms with E-state index in [4.69, 9.17) is 11.6 Å². The van der Waals surface area contributed by atoms with E-state index in [1.807, 2.05) is 6.07 Å². The Labute approximate surface area is 127 Å². The van der Waals surface area contributed by atoms with E-state index in [0.717, 1.165) is 6.20 Å². The van der Waals surface area contributed by atoms with Crippen LogP contribution in [0.15, 0.2) is 53.7 Å². The smallest absolute Gasteiger partial charge is 0.306 e. The van der Waals surface area contributed by atoms with Gasteiger partial charge in [0.05, 0.1) is 11.1 Å². The third-order valence-corrected chi connectivity index (χ3v) is 4.64. The maximum atomic E-state index is 12.5. The van der Waals surface area contributed by atoms with Gasteiger partial charge in [-0.2, -0.15) is 0 Å². The number of rotatable bonds is 3. The Hall–Kier alpha value is -2.09. The number of pyridine rings is 1. The van der Waals surface area contributed by atoms with Gasteiger partial charge in [-0.15, -0.1) is 3.97 Å². The largest absolute Gasteiger partial charge is 0.587 e. The average Bonchev–Trinajstić information content (AvgIpc) is 2.92. The van der Waals surface area contributed by atoms with Crippen molar-refractivity contribution in [2.45, 2.75) is 4.90 Å². The Morgan fingerprint density at radius 1 is 1.24 bits per heavy atom. The van der Waals surface area contributed by atoms with Crippen LogP contribution in [0.5, 0.6) is 0 Å². The van der Waals surface area contributed by atoms with E-state index >= 15 is 0 Å². The number of nitrogens with zero attached hydrogens (tertiary/aromatic N) is 3. The van der Waals surface area contributed by atoms with Crippen LogP contribution in [-0.2, 0) is 11.4 Å². The van der Waals surface area contributed by atoms with Crippen LogP contribution in [0, 0.1) is 10.1 Å². The van der Waals surface area contributed by atoms with E-state index in [9.17, 15) is 14.7 Å². The first-order valence-electron chi connectivity index (χ1n) is 5.87. The highest BCUT2D eigenvalue weighted by molar-refractivity contribution is 7.90. The van der Waals surface area contributed by atoms with Gasteiger partial charge in [0.2, 0.25) is 0 Å². The molecule has 8 heteroatoms. The summed E-state index contributed by atoms with van der Waals surface area (Å²) in [7, 11) is 0. The molecule has 0 aliphatic rings. The second-order valence-corrected chi connectivity index (χ2v) is 5.90. The lowest BCUT2D eigenvalue weighted by molar-refractivity contribution is -0.384. The fourth-order valence-corrected chi connectivity index (χ4v) is 3.29. The number of fused-ring (bicyclic) bond motifs is 1. The van der Waals surface area contributed by atoms with Gasteiger partial charge in [0, 0.05) is 5.39 Å². The third kappa shape index (κ3) is 2.35. The summed E-state index contributed by atoms with van der Waals surface area (Å²) in [5, 5.41) is 11.2. The number of hydrogen-bond acceptors (Lipinski definition) is 4. The monoisotopic (exact) mass is 321 g/mol. The highest BCUT2D eigenvalue weighted by Gasteiger charge is 2.23. The van der Waals surface area contributed by atoms with Gasteiger partial charge in [-0.3, -0.25) is 10.1 Å². The van der Waals surface area contributed by atoms with Gasteiger partial charge in [-0.05, 0) is 18.2 Å². The molecule has 0 saturated heterocycles. The summed E-state index contributed by atoms with van der Waals surface area (Å²) in [5.74, 6) is 0. The van der Waals surface area contributed by atoms with Crippen LogP contribution in [0.4, 0.5) is 5.69 Å². The molecule has 2 aromatic heterocycles. The normalized spacial score (nSPS) is 12.5. The minimum atomic E-state index is -1.49. The molecule has 3 aromatic rings. The van der Waals surface area contributed by atoms with Crippen molar-refractivity contribution < 1.29 is 9.48 Å². The Kier molecular flexibility index (Phi) is 3.54. The number of halogens is 1. The molecule has 2 heterocycles. The predicted octanol–water partition coefficient (Wildman–Crippen LogP) is 3.17. The van der Waals surface area contributed by atoms with Crippen LogP contribution in [0.25, 0.3) is 11.0 Å². The van der Waals surface area contributed by atoms with Crippen molar-refractivity contribution in [2.75, 3.05) is 0 Å². The summed E-state index contributed by atoms with van der Waals surface area (Å²) >= 11 is 4.52. The molecule has 0 saturated carbocycles. The first-order valence-corrected chi connectivity index (χ1v) is 7.35. The van der Waals surface area contributed by atoms with Crippen LogP contribution in [0.3, 0.4) is 0 Å². The first kappa shape index (κ1) is 13.9. The molecule has 6 nitrogen and oxygen atoms in total. The van der Waals surface area contributed by atoms with Crippen molar-refractivity contribution in [1.29, 1.82) is 0 Å². The van der Waals surface area contributed by atoms with Crippen molar-refractivity contribution in [3.8, 4) is 0 Å². The van der Waals surface area contributed by atoms with Crippen LogP contribution < -0.4 is 0 Å². The van der Waals surface area contributed by atoms with Gasteiger partial charge in [-0.25, -0.2) is 4.98 Å². The molecule has 0 aliphatic carbocycles. The molecular weight excluding hydrogens is 314 g/mol. The van der Waals surface area contributed by atoms with Crippen LogP contribution in [0.1, 0.15) is 0 Å². The summed E-state index contributed by atoms with van der Waals surface area (Å²) in [4.78, 5) is 14.9. The highest BCUT2D eigenvalue weighted by Crippen LogP contribution is 2.32. The lowest BCUT2D eigenvalue weighted by Crippen LogP contribution is -2.12. The lowest BCUT2D eigenvalue weighted by atomic mass is 10.3. The molecule has 0 radical (unpaired) electrons. The summed E-state index contributed by atoms with van der Waals surface area (Å²) in [6.45, 7) is 0. The number of benzene rings is 1. The molecule has 1 unspecified atom stereocenters. The van der Waals surface area contributed by atoms with Crippen LogP contribution in [0.2, 0.25) is 5.02 Å².